The summed E-state index contributed by atoms with van der Waals surface area (Å²) in [6.45, 7) is 4.86. The largest absolute Gasteiger partial charge is 0.354 e. The molecular weight excluding hydrogens is 270 g/mol. The van der Waals surface area contributed by atoms with Crippen molar-refractivity contribution in [2.45, 2.75) is 50.8 Å². The zero-order valence-corrected chi connectivity index (χ0v) is 13.1. The number of rotatable bonds is 5. The first-order valence-electron chi connectivity index (χ1n) is 7.57. The number of hydrogen-bond donors (Lipinski definition) is 1. The number of carbonyl (C=O) groups is 1. The fourth-order valence-electron chi connectivity index (χ4n) is 2.96. The van der Waals surface area contributed by atoms with Crippen molar-refractivity contribution in [3.63, 3.8) is 0 Å². The first kappa shape index (κ1) is 15.4. The first-order chi connectivity index (χ1) is 9.58. The van der Waals surface area contributed by atoms with Crippen molar-refractivity contribution in [3.05, 3.63) is 35.4 Å². The Hall–Kier alpha value is -1.02. The molecule has 0 bridgehead atoms. The van der Waals surface area contributed by atoms with Gasteiger partial charge < -0.3 is 5.32 Å². The molecule has 0 saturated carbocycles. The third-order valence-corrected chi connectivity index (χ3v) is 4.24. The summed E-state index contributed by atoms with van der Waals surface area (Å²) in [6.07, 6.45) is 4.06. The van der Waals surface area contributed by atoms with E-state index in [4.69, 9.17) is 11.6 Å². The van der Waals surface area contributed by atoms with Crippen LogP contribution in [0, 0.1) is 5.92 Å². The van der Waals surface area contributed by atoms with Crippen LogP contribution in [0.4, 0.5) is 0 Å². The van der Waals surface area contributed by atoms with E-state index in [0.29, 0.717) is 12.5 Å². The maximum absolute atomic E-state index is 12.4. The number of hydrogen-bond acceptors (Lipinski definition) is 1. The van der Waals surface area contributed by atoms with E-state index in [1.807, 2.05) is 6.07 Å². The smallest absolute Gasteiger partial charge is 0.227 e. The molecule has 1 aliphatic carbocycles. The zero-order chi connectivity index (χ0) is 14.5. The van der Waals surface area contributed by atoms with Crippen LogP contribution in [-0.2, 0) is 11.2 Å². The lowest BCUT2D eigenvalue weighted by molar-refractivity contribution is -0.122. The minimum atomic E-state index is 0.00265. The van der Waals surface area contributed by atoms with Gasteiger partial charge in [-0.05, 0) is 42.7 Å². The van der Waals surface area contributed by atoms with Crippen LogP contribution in [-0.4, -0.2) is 17.8 Å². The Labute approximate surface area is 126 Å². The summed E-state index contributed by atoms with van der Waals surface area (Å²) >= 11 is 6.24. The van der Waals surface area contributed by atoms with Crippen LogP contribution in [0.15, 0.2) is 24.3 Å². The second-order valence-electron chi connectivity index (χ2n) is 6.12. The van der Waals surface area contributed by atoms with E-state index in [0.717, 1.165) is 25.7 Å². The zero-order valence-electron chi connectivity index (χ0n) is 12.4. The molecule has 1 aromatic carbocycles. The van der Waals surface area contributed by atoms with Gasteiger partial charge in [-0.1, -0.05) is 38.1 Å². The molecule has 2 nitrogen and oxygen atoms in total. The molecule has 2 rings (SSSR count). The van der Waals surface area contributed by atoms with Crippen molar-refractivity contribution in [1.82, 2.24) is 5.32 Å². The number of nitrogens with one attached hydrogen (secondary N) is 1. The minimum Gasteiger partial charge on any atom is -0.354 e. The Morgan fingerprint density at radius 1 is 1.40 bits per heavy atom. The lowest BCUT2D eigenvalue weighted by Crippen LogP contribution is -2.35. The molecule has 0 aromatic heterocycles. The molecule has 1 N–H and O–H groups in total. The third-order valence-electron chi connectivity index (χ3n) is 3.91. The van der Waals surface area contributed by atoms with E-state index < -0.39 is 0 Å². The Morgan fingerprint density at radius 2 is 2.15 bits per heavy atom. The molecule has 2 atom stereocenters. The van der Waals surface area contributed by atoms with Gasteiger partial charge >= 0.3 is 0 Å². The van der Waals surface area contributed by atoms with E-state index in [2.05, 4.69) is 37.4 Å². The predicted molar refractivity (Wildman–Crippen MR) is 84.2 cm³/mol. The number of amides is 1. The Kier molecular flexibility index (Phi) is 5.47. The predicted octanol–water partition coefficient (Wildman–Crippen LogP) is 3.88. The van der Waals surface area contributed by atoms with Crippen LogP contribution in [0.25, 0.3) is 0 Å². The number of alkyl halides is 1. The number of halogens is 1. The lowest BCUT2D eigenvalue weighted by atomic mass is 9.82. The molecule has 0 saturated heterocycles. The standard InChI is InChI=1S/C17H24ClNO/c1-12(2)10-14(18)11-19-17(20)16-9-5-7-13-6-3-4-8-15(13)16/h3-4,6,8,12,14,16H,5,7,9-11H2,1-2H3,(H,19,20). The van der Waals surface area contributed by atoms with Gasteiger partial charge in [-0.25, -0.2) is 0 Å². The molecule has 1 aromatic rings. The Morgan fingerprint density at radius 3 is 2.90 bits per heavy atom. The maximum Gasteiger partial charge on any atom is 0.227 e. The average molecular weight is 294 g/mol. The van der Waals surface area contributed by atoms with Crippen LogP contribution >= 0.6 is 11.6 Å². The number of fused-ring (bicyclic) bond motifs is 1. The molecule has 1 amide bonds. The quantitative estimate of drug-likeness (QED) is 0.820. The van der Waals surface area contributed by atoms with Crippen molar-refractivity contribution >= 4 is 17.5 Å². The first-order valence-corrected chi connectivity index (χ1v) is 8.01. The summed E-state index contributed by atoms with van der Waals surface area (Å²) in [5.41, 5.74) is 2.52. The second kappa shape index (κ2) is 7.12. The van der Waals surface area contributed by atoms with Crippen LogP contribution in [0.2, 0.25) is 0 Å². The highest BCUT2D eigenvalue weighted by Crippen LogP contribution is 2.31. The monoisotopic (exact) mass is 293 g/mol. The normalized spacial score (nSPS) is 19.5. The van der Waals surface area contributed by atoms with Gasteiger partial charge in [-0.2, -0.15) is 0 Å². The minimum absolute atomic E-state index is 0.00265. The third kappa shape index (κ3) is 3.99. The molecule has 0 spiro atoms. The van der Waals surface area contributed by atoms with E-state index in [9.17, 15) is 4.79 Å². The molecule has 1 aliphatic rings. The summed E-state index contributed by atoms with van der Waals surface area (Å²) in [6, 6.07) is 8.30. The fraction of sp³-hybridized carbons (Fsp3) is 0.588. The highest BCUT2D eigenvalue weighted by Gasteiger charge is 2.26. The van der Waals surface area contributed by atoms with E-state index in [1.54, 1.807) is 0 Å². The van der Waals surface area contributed by atoms with Gasteiger partial charge in [0.15, 0.2) is 0 Å². The highest BCUT2D eigenvalue weighted by atomic mass is 35.5. The molecule has 3 heteroatoms. The SMILES string of the molecule is CC(C)CC(Cl)CNC(=O)C1CCCc2ccccc21. The van der Waals surface area contributed by atoms with Gasteiger partial charge in [0, 0.05) is 6.54 Å². The van der Waals surface area contributed by atoms with Crippen molar-refractivity contribution in [3.8, 4) is 0 Å². The molecule has 20 heavy (non-hydrogen) atoms. The van der Waals surface area contributed by atoms with Gasteiger partial charge in [-0.3, -0.25) is 4.79 Å². The van der Waals surface area contributed by atoms with Crippen molar-refractivity contribution in [1.29, 1.82) is 0 Å². The van der Waals surface area contributed by atoms with Gasteiger partial charge in [0.05, 0.1) is 11.3 Å². The molecule has 0 fully saturated rings. The summed E-state index contributed by atoms with van der Waals surface area (Å²) in [4.78, 5) is 12.4. The Bertz CT molecular complexity index is 458. The molecular formula is C17H24ClNO. The van der Waals surface area contributed by atoms with Crippen molar-refractivity contribution in [2.75, 3.05) is 6.54 Å². The lowest BCUT2D eigenvalue weighted by Gasteiger charge is -2.25. The van der Waals surface area contributed by atoms with Gasteiger partial charge in [0.2, 0.25) is 5.91 Å². The number of carbonyl (C=O) groups excluding carboxylic acids is 1. The average Bonchev–Trinajstić information content (AvgIpc) is 2.43. The number of aryl methyl sites for hydroxylation is 1. The Balaban J connectivity index is 1.94. The summed E-state index contributed by atoms with van der Waals surface area (Å²) in [7, 11) is 0. The van der Waals surface area contributed by atoms with Crippen LogP contribution in [0.5, 0.6) is 0 Å². The highest BCUT2D eigenvalue weighted by molar-refractivity contribution is 6.20. The molecule has 0 aliphatic heterocycles. The van der Waals surface area contributed by atoms with Gasteiger partial charge in [0.1, 0.15) is 0 Å². The van der Waals surface area contributed by atoms with E-state index >= 15 is 0 Å². The molecule has 0 radical (unpaired) electrons. The molecule has 110 valence electrons. The maximum atomic E-state index is 12.4. The van der Waals surface area contributed by atoms with Crippen LogP contribution in [0.3, 0.4) is 0 Å². The topological polar surface area (TPSA) is 29.1 Å². The van der Waals surface area contributed by atoms with Gasteiger partial charge in [0.25, 0.3) is 0 Å². The molecule has 2 unspecified atom stereocenters. The van der Waals surface area contributed by atoms with Crippen LogP contribution in [0.1, 0.15) is 50.2 Å². The summed E-state index contributed by atoms with van der Waals surface area (Å²) < 4.78 is 0. The van der Waals surface area contributed by atoms with E-state index in [-0.39, 0.29) is 17.2 Å². The van der Waals surface area contributed by atoms with Crippen molar-refractivity contribution < 1.29 is 4.79 Å². The fourth-order valence-corrected chi connectivity index (χ4v) is 3.39. The summed E-state index contributed by atoms with van der Waals surface area (Å²) in [5.74, 6) is 0.694. The summed E-state index contributed by atoms with van der Waals surface area (Å²) in [5, 5.41) is 3.05. The van der Waals surface area contributed by atoms with E-state index in [1.165, 1.54) is 11.1 Å². The second-order valence-corrected chi connectivity index (χ2v) is 6.73. The van der Waals surface area contributed by atoms with Gasteiger partial charge in [-0.15, -0.1) is 11.6 Å². The molecule has 0 heterocycles. The van der Waals surface area contributed by atoms with Crippen LogP contribution < -0.4 is 5.32 Å². The van der Waals surface area contributed by atoms with Crippen molar-refractivity contribution in [2.24, 2.45) is 5.92 Å². The number of benzene rings is 1.